The maximum absolute atomic E-state index is 5.84. The Morgan fingerprint density at radius 1 is 1.57 bits per heavy atom. The molecule has 1 saturated heterocycles. The zero-order valence-corrected chi connectivity index (χ0v) is 9.75. The van der Waals surface area contributed by atoms with E-state index in [1.54, 1.807) is 7.11 Å². The molecule has 2 N–H and O–H groups in total. The molecule has 3 heteroatoms. The van der Waals surface area contributed by atoms with Crippen LogP contribution in [0.3, 0.4) is 0 Å². The topological polar surface area (TPSA) is 38.5 Å². The van der Waals surface area contributed by atoms with Crippen molar-refractivity contribution in [3.63, 3.8) is 0 Å². The first kappa shape index (κ1) is 12.0. The molecule has 1 rings (SSSR count). The van der Waals surface area contributed by atoms with E-state index >= 15 is 0 Å². The predicted octanol–water partition coefficient (Wildman–Crippen LogP) is 1.08. The van der Waals surface area contributed by atoms with E-state index in [1.165, 1.54) is 13.0 Å². The van der Waals surface area contributed by atoms with E-state index in [4.69, 9.17) is 10.5 Å². The van der Waals surface area contributed by atoms with Crippen LogP contribution >= 0.6 is 0 Å². The summed E-state index contributed by atoms with van der Waals surface area (Å²) in [6, 6.07) is 0. The summed E-state index contributed by atoms with van der Waals surface area (Å²) in [5, 5.41) is 0. The van der Waals surface area contributed by atoms with Crippen LogP contribution in [0, 0.1) is 5.92 Å². The first-order valence-electron chi connectivity index (χ1n) is 5.60. The lowest BCUT2D eigenvalue weighted by atomic mass is 9.97. The third-order valence-electron chi connectivity index (χ3n) is 3.65. The Labute approximate surface area is 87.6 Å². The summed E-state index contributed by atoms with van der Waals surface area (Å²) >= 11 is 0. The molecule has 1 aliphatic heterocycles. The molecule has 0 aromatic carbocycles. The lowest BCUT2D eigenvalue weighted by Crippen LogP contribution is -2.50. The minimum Gasteiger partial charge on any atom is -0.384 e. The average Bonchev–Trinajstić information content (AvgIpc) is 2.66. The van der Waals surface area contributed by atoms with Crippen molar-refractivity contribution in [3.05, 3.63) is 0 Å². The largest absolute Gasteiger partial charge is 0.384 e. The summed E-state index contributed by atoms with van der Waals surface area (Å²) in [6.45, 7) is 8.45. The molecule has 0 radical (unpaired) electrons. The van der Waals surface area contributed by atoms with Crippen molar-refractivity contribution in [2.75, 3.05) is 33.4 Å². The van der Waals surface area contributed by atoms with Crippen LogP contribution in [0.15, 0.2) is 0 Å². The number of rotatable bonds is 5. The fraction of sp³-hybridized carbons (Fsp3) is 1.00. The van der Waals surface area contributed by atoms with E-state index in [2.05, 4.69) is 18.7 Å². The van der Waals surface area contributed by atoms with Crippen LogP contribution in [-0.2, 0) is 4.74 Å². The molecule has 2 unspecified atom stereocenters. The van der Waals surface area contributed by atoms with Gasteiger partial charge in [0.15, 0.2) is 0 Å². The molecule has 0 spiro atoms. The number of nitrogens with zero attached hydrogens (tertiary/aromatic N) is 1. The number of hydrogen-bond donors (Lipinski definition) is 1. The molecule has 0 aromatic rings. The van der Waals surface area contributed by atoms with Crippen molar-refractivity contribution in [3.8, 4) is 0 Å². The molecule has 1 heterocycles. The summed E-state index contributed by atoms with van der Waals surface area (Å²) < 4.78 is 5.20. The van der Waals surface area contributed by atoms with Crippen molar-refractivity contribution < 1.29 is 4.74 Å². The molecule has 1 aliphatic rings. The zero-order valence-electron chi connectivity index (χ0n) is 9.75. The van der Waals surface area contributed by atoms with Gasteiger partial charge < -0.3 is 10.5 Å². The van der Waals surface area contributed by atoms with E-state index in [0.717, 1.165) is 26.1 Å². The summed E-state index contributed by atoms with van der Waals surface area (Å²) in [5.74, 6) is 0.706. The second-order valence-electron chi connectivity index (χ2n) is 4.61. The molecular formula is C11H24N2O. The minimum absolute atomic E-state index is 0.197. The zero-order chi connectivity index (χ0) is 10.6. The third-order valence-corrected chi connectivity index (χ3v) is 3.65. The maximum atomic E-state index is 5.84. The van der Waals surface area contributed by atoms with Crippen LogP contribution in [0.4, 0.5) is 0 Å². The SMILES string of the molecule is CCC(C)(CN)N1CCC(COC)C1. The van der Waals surface area contributed by atoms with Crippen molar-refractivity contribution in [1.29, 1.82) is 0 Å². The summed E-state index contributed by atoms with van der Waals surface area (Å²) in [5.41, 5.74) is 6.04. The number of ether oxygens (including phenoxy) is 1. The Morgan fingerprint density at radius 3 is 2.79 bits per heavy atom. The van der Waals surface area contributed by atoms with Gasteiger partial charge in [0, 0.05) is 25.7 Å². The standard InChI is InChI=1S/C11H24N2O/c1-4-11(2,9-12)13-6-5-10(7-13)8-14-3/h10H,4-9,12H2,1-3H3. The van der Waals surface area contributed by atoms with Gasteiger partial charge in [-0.1, -0.05) is 6.92 Å². The second-order valence-corrected chi connectivity index (χ2v) is 4.61. The highest BCUT2D eigenvalue weighted by atomic mass is 16.5. The molecule has 1 fully saturated rings. The van der Waals surface area contributed by atoms with Gasteiger partial charge in [-0.15, -0.1) is 0 Å². The molecule has 3 nitrogen and oxygen atoms in total. The second kappa shape index (κ2) is 5.10. The van der Waals surface area contributed by atoms with Gasteiger partial charge in [0.25, 0.3) is 0 Å². The number of hydrogen-bond acceptors (Lipinski definition) is 3. The molecule has 0 aromatic heterocycles. The molecule has 0 aliphatic carbocycles. The van der Waals surface area contributed by atoms with E-state index in [-0.39, 0.29) is 5.54 Å². The van der Waals surface area contributed by atoms with Crippen LogP contribution < -0.4 is 5.73 Å². The number of likely N-dealkylation sites (tertiary alicyclic amines) is 1. The van der Waals surface area contributed by atoms with Gasteiger partial charge in [0.2, 0.25) is 0 Å². The van der Waals surface area contributed by atoms with Gasteiger partial charge in [-0.2, -0.15) is 0 Å². The van der Waals surface area contributed by atoms with E-state index in [0.29, 0.717) is 5.92 Å². The van der Waals surface area contributed by atoms with Gasteiger partial charge in [-0.25, -0.2) is 0 Å². The van der Waals surface area contributed by atoms with E-state index < -0.39 is 0 Å². The normalized spacial score (nSPS) is 27.9. The molecule has 0 amide bonds. The molecule has 84 valence electrons. The quantitative estimate of drug-likeness (QED) is 0.722. The number of methoxy groups -OCH3 is 1. The fourth-order valence-corrected chi connectivity index (χ4v) is 2.19. The Hall–Kier alpha value is -0.120. The molecular weight excluding hydrogens is 176 g/mol. The van der Waals surface area contributed by atoms with Crippen LogP contribution in [0.5, 0.6) is 0 Å². The van der Waals surface area contributed by atoms with Gasteiger partial charge >= 0.3 is 0 Å². The first-order valence-corrected chi connectivity index (χ1v) is 5.60. The highest BCUT2D eigenvalue weighted by Crippen LogP contribution is 2.26. The van der Waals surface area contributed by atoms with Gasteiger partial charge in [0.1, 0.15) is 0 Å². The molecule has 14 heavy (non-hydrogen) atoms. The average molecular weight is 200 g/mol. The Bertz CT molecular complexity index is 169. The van der Waals surface area contributed by atoms with Gasteiger partial charge in [0.05, 0.1) is 6.61 Å². The highest BCUT2D eigenvalue weighted by molar-refractivity contribution is 4.90. The highest BCUT2D eigenvalue weighted by Gasteiger charge is 2.34. The van der Waals surface area contributed by atoms with Crippen LogP contribution in [0.25, 0.3) is 0 Å². The Morgan fingerprint density at radius 2 is 2.29 bits per heavy atom. The van der Waals surface area contributed by atoms with Crippen molar-refractivity contribution >= 4 is 0 Å². The van der Waals surface area contributed by atoms with Gasteiger partial charge in [-0.3, -0.25) is 4.90 Å². The fourth-order valence-electron chi connectivity index (χ4n) is 2.19. The van der Waals surface area contributed by atoms with Gasteiger partial charge in [-0.05, 0) is 32.2 Å². The van der Waals surface area contributed by atoms with Crippen LogP contribution in [0.2, 0.25) is 0 Å². The molecule has 0 bridgehead atoms. The maximum Gasteiger partial charge on any atom is 0.0503 e. The number of nitrogens with two attached hydrogens (primary N) is 1. The summed E-state index contributed by atoms with van der Waals surface area (Å²) in [7, 11) is 1.78. The monoisotopic (exact) mass is 200 g/mol. The van der Waals surface area contributed by atoms with Crippen molar-refractivity contribution in [2.45, 2.75) is 32.2 Å². The predicted molar refractivity (Wildman–Crippen MR) is 59.3 cm³/mol. The smallest absolute Gasteiger partial charge is 0.0503 e. The van der Waals surface area contributed by atoms with Crippen LogP contribution in [0.1, 0.15) is 26.7 Å². The van der Waals surface area contributed by atoms with Crippen molar-refractivity contribution in [2.24, 2.45) is 11.7 Å². The molecule has 0 saturated carbocycles. The van der Waals surface area contributed by atoms with E-state index in [9.17, 15) is 0 Å². The lowest BCUT2D eigenvalue weighted by Gasteiger charge is -2.37. The third kappa shape index (κ3) is 2.47. The first-order chi connectivity index (χ1) is 6.66. The Balaban J connectivity index is 2.47. The van der Waals surface area contributed by atoms with Crippen molar-refractivity contribution in [1.82, 2.24) is 4.90 Å². The van der Waals surface area contributed by atoms with E-state index in [1.807, 2.05) is 0 Å². The summed E-state index contributed by atoms with van der Waals surface area (Å²) in [6.07, 6.45) is 2.38. The lowest BCUT2D eigenvalue weighted by molar-refractivity contribution is 0.113. The molecule has 2 atom stereocenters. The minimum atomic E-state index is 0.197. The van der Waals surface area contributed by atoms with Crippen LogP contribution in [-0.4, -0.2) is 43.8 Å². The Kier molecular flexibility index (Phi) is 4.35. The summed E-state index contributed by atoms with van der Waals surface area (Å²) in [4.78, 5) is 2.52.